The molecular formula is C20H25NO3. The molecule has 1 aromatic carbocycles. The van der Waals surface area contributed by atoms with Crippen LogP contribution < -0.4 is 0 Å². The summed E-state index contributed by atoms with van der Waals surface area (Å²) in [7, 11) is 0. The normalized spacial score (nSPS) is 20.1. The summed E-state index contributed by atoms with van der Waals surface area (Å²) in [6.07, 6.45) is 4.16. The van der Waals surface area contributed by atoms with E-state index in [-0.39, 0.29) is 17.9 Å². The molecule has 1 aliphatic heterocycles. The van der Waals surface area contributed by atoms with E-state index in [2.05, 4.69) is 12.1 Å². The molecule has 128 valence electrons. The zero-order valence-electron chi connectivity index (χ0n) is 14.1. The molecule has 2 aromatic rings. The lowest BCUT2D eigenvalue weighted by molar-refractivity contribution is -0.136. The number of benzene rings is 1. The predicted octanol–water partition coefficient (Wildman–Crippen LogP) is 3.57. The average molecular weight is 327 g/mol. The molecule has 4 nitrogen and oxygen atoms in total. The largest absolute Gasteiger partial charge is 0.467 e. The van der Waals surface area contributed by atoms with E-state index in [1.54, 1.807) is 18.4 Å². The van der Waals surface area contributed by atoms with Crippen LogP contribution in [-0.2, 0) is 11.2 Å². The highest BCUT2D eigenvalue weighted by atomic mass is 16.4. The summed E-state index contributed by atoms with van der Waals surface area (Å²) in [4.78, 5) is 14.8. The Kier molecular flexibility index (Phi) is 5.36. The van der Waals surface area contributed by atoms with Crippen molar-refractivity contribution in [3.63, 3.8) is 0 Å². The molecule has 2 heterocycles. The number of amides is 1. The molecule has 0 aliphatic carbocycles. The molecule has 3 rings (SSSR count). The van der Waals surface area contributed by atoms with Crippen LogP contribution in [0.25, 0.3) is 0 Å². The van der Waals surface area contributed by atoms with Crippen LogP contribution in [0.5, 0.6) is 0 Å². The Labute approximate surface area is 143 Å². The van der Waals surface area contributed by atoms with Crippen LogP contribution in [0.2, 0.25) is 0 Å². The number of hydrogen-bond donors (Lipinski definition) is 1. The van der Waals surface area contributed by atoms with E-state index in [1.807, 2.05) is 30.0 Å². The number of carbonyl (C=O) groups is 1. The molecule has 0 spiro atoms. The second-order valence-corrected chi connectivity index (χ2v) is 6.69. The van der Waals surface area contributed by atoms with Crippen molar-refractivity contribution in [3.8, 4) is 0 Å². The Morgan fingerprint density at radius 3 is 2.79 bits per heavy atom. The van der Waals surface area contributed by atoms with Crippen LogP contribution in [0.3, 0.4) is 0 Å². The van der Waals surface area contributed by atoms with Gasteiger partial charge in [-0.2, -0.15) is 0 Å². The molecule has 1 aliphatic rings. The van der Waals surface area contributed by atoms with Crippen LogP contribution in [-0.4, -0.2) is 28.5 Å². The van der Waals surface area contributed by atoms with Gasteiger partial charge in [0.05, 0.1) is 6.26 Å². The van der Waals surface area contributed by atoms with Crippen molar-refractivity contribution in [1.82, 2.24) is 4.90 Å². The van der Waals surface area contributed by atoms with Crippen molar-refractivity contribution in [2.45, 2.75) is 44.8 Å². The van der Waals surface area contributed by atoms with Gasteiger partial charge < -0.3 is 14.4 Å². The van der Waals surface area contributed by atoms with Gasteiger partial charge in [0.15, 0.2) is 0 Å². The van der Waals surface area contributed by atoms with Crippen LogP contribution >= 0.6 is 0 Å². The minimum Gasteiger partial charge on any atom is -0.467 e. The first kappa shape index (κ1) is 16.8. The number of hydrogen-bond acceptors (Lipinski definition) is 3. The molecule has 4 heteroatoms. The number of nitrogens with zero attached hydrogens (tertiary/aromatic N) is 1. The third-order valence-electron chi connectivity index (χ3n) is 4.83. The molecule has 3 unspecified atom stereocenters. The van der Waals surface area contributed by atoms with Crippen molar-refractivity contribution in [1.29, 1.82) is 0 Å². The Morgan fingerprint density at radius 1 is 1.29 bits per heavy atom. The number of aliphatic hydroxyl groups is 1. The summed E-state index contributed by atoms with van der Waals surface area (Å²) < 4.78 is 5.27. The molecule has 1 saturated heterocycles. The lowest BCUT2D eigenvalue weighted by Gasteiger charge is -2.28. The summed E-state index contributed by atoms with van der Waals surface area (Å²) in [6, 6.07) is 13.8. The highest BCUT2D eigenvalue weighted by Crippen LogP contribution is 2.29. The van der Waals surface area contributed by atoms with E-state index in [4.69, 9.17) is 4.42 Å². The van der Waals surface area contributed by atoms with Gasteiger partial charge in [0.2, 0.25) is 5.91 Å². The van der Waals surface area contributed by atoms with E-state index in [0.717, 1.165) is 25.8 Å². The summed E-state index contributed by atoms with van der Waals surface area (Å²) >= 11 is 0. The number of likely N-dealkylation sites (tertiary alicyclic amines) is 1. The molecule has 0 radical (unpaired) electrons. The van der Waals surface area contributed by atoms with Crippen molar-refractivity contribution in [3.05, 3.63) is 60.1 Å². The Balaban J connectivity index is 1.60. The second-order valence-electron chi connectivity index (χ2n) is 6.69. The molecule has 0 bridgehead atoms. The smallest absolute Gasteiger partial charge is 0.225 e. The van der Waals surface area contributed by atoms with Gasteiger partial charge in [-0.3, -0.25) is 4.79 Å². The second kappa shape index (κ2) is 7.67. The van der Waals surface area contributed by atoms with Crippen LogP contribution in [0.15, 0.2) is 53.1 Å². The molecule has 1 fully saturated rings. The minimum absolute atomic E-state index is 0.0474. The van der Waals surface area contributed by atoms with Gasteiger partial charge in [-0.05, 0) is 37.0 Å². The lowest BCUT2D eigenvalue weighted by atomic mass is 9.98. The van der Waals surface area contributed by atoms with Crippen molar-refractivity contribution < 1.29 is 14.3 Å². The molecular weight excluding hydrogens is 302 g/mol. The van der Waals surface area contributed by atoms with Gasteiger partial charge in [-0.25, -0.2) is 0 Å². The first-order valence-electron chi connectivity index (χ1n) is 8.71. The van der Waals surface area contributed by atoms with E-state index in [1.165, 1.54) is 5.56 Å². The SMILES string of the molecule is CC(Cc1ccccc1)C(=O)N1CCCC1CC(O)c1ccco1. The third kappa shape index (κ3) is 3.88. The van der Waals surface area contributed by atoms with Crippen molar-refractivity contribution in [2.24, 2.45) is 5.92 Å². The Hall–Kier alpha value is -2.07. The van der Waals surface area contributed by atoms with Crippen molar-refractivity contribution in [2.75, 3.05) is 6.54 Å². The summed E-state index contributed by atoms with van der Waals surface area (Å²) in [6.45, 7) is 2.78. The zero-order chi connectivity index (χ0) is 16.9. The van der Waals surface area contributed by atoms with Crippen LogP contribution in [0.1, 0.15) is 43.6 Å². The van der Waals surface area contributed by atoms with Crippen molar-refractivity contribution >= 4 is 5.91 Å². The van der Waals surface area contributed by atoms with Crippen LogP contribution in [0, 0.1) is 5.92 Å². The maximum absolute atomic E-state index is 12.8. The van der Waals surface area contributed by atoms with E-state index < -0.39 is 6.10 Å². The van der Waals surface area contributed by atoms with E-state index in [0.29, 0.717) is 12.2 Å². The Bertz CT molecular complexity index is 638. The summed E-state index contributed by atoms with van der Waals surface area (Å²) in [5.74, 6) is 0.716. The first-order chi connectivity index (χ1) is 11.6. The van der Waals surface area contributed by atoms with Gasteiger partial charge in [0.25, 0.3) is 0 Å². The zero-order valence-corrected chi connectivity index (χ0v) is 14.1. The first-order valence-corrected chi connectivity index (χ1v) is 8.71. The van der Waals surface area contributed by atoms with Gasteiger partial charge in [0.1, 0.15) is 11.9 Å². The quantitative estimate of drug-likeness (QED) is 0.882. The molecule has 1 aromatic heterocycles. The van der Waals surface area contributed by atoms with Gasteiger partial charge in [0, 0.05) is 24.9 Å². The molecule has 1 amide bonds. The molecule has 0 saturated carbocycles. The number of carbonyl (C=O) groups excluding carboxylic acids is 1. The van der Waals surface area contributed by atoms with Gasteiger partial charge in [-0.1, -0.05) is 37.3 Å². The third-order valence-corrected chi connectivity index (χ3v) is 4.83. The number of aliphatic hydroxyl groups excluding tert-OH is 1. The standard InChI is InChI=1S/C20H25NO3/c1-15(13-16-7-3-2-4-8-16)20(23)21-11-5-9-17(21)14-18(22)19-10-6-12-24-19/h2-4,6-8,10,12,15,17-18,22H,5,9,11,13-14H2,1H3. The molecule has 1 N–H and O–H groups in total. The fourth-order valence-electron chi connectivity index (χ4n) is 3.56. The van der Waals surface area contributed by atoms with E-state index >= 15 is 0 Å². The summed E-state index contributed by atoms with van der Waals surface area (Å²) in [5.41, 5.74) is 1.18. The highest BCUT2D eigenvalue weighted by molar-refractivity contribution is 5.79. The lowest BCUT2D eigenvalue weighted by Crippen LogP contribution is -2.40. The molecule has 24 heavy (non-hydrogen) atoms. The summed E-state index contributed by atoms with van der Waals surface area (Å²) in [5, 5.41) is 10.3. The average Bonchev–Trinajstić information content (AvgIpc) is 3.26. The van der Waals surface area contributed by atoms with Gasteiger partial charge in [-0.15, -0.1) is 0 Å². The fourth-order valence-corrected chi connectivity index (χ4v) is 3.56. The maximum atomic E-state index is 12.8. The van der Waals surface area contributed by atoms with E-state index in [9.17, 15) is 9.90 Å². The van der Waals surface area contributed by atoms with Gasteiger partial charge >= 0.3 is 0 Å². The fraction of sp³-hybridized carbons (Fsp3) is 0.450. The minimum atomic E-state index is -0.650. The highest BCUT2D eigenvalue weighted by Gasteiger charge is 2.33. The van der Waals surface area contributed by atoms with Crippen LogP contribution in [0.4, 0.5) is 0 Å². The maximum Gasteiger partial charge on any atom is 0.225 e. The number of furan rings is 1. The number of rotatable bonds is 6. The molecule has 3 atom stereocenters. The Morgan fingerprint density at radius 2 is 2.08 bits per heavy atom. The topological polar surface area (TPSA) is 53.7 Å². The monoisotopic (exact) mass is 327 g/mol. The predicted molar refractivity (Wildman–Crippen MR) is 92.3 cm³/mol.